The molecule has 3 N–H and O–H groups in total. The van der Waals surface area contributed by atoms with E-state index in [1.807, 2.05) is 0 Å². The van der Waals surface area contributed by atoms with Gasteiger partial charge in [0, 0.05) is 7.05 Å². The minimum atomic E-state index is -0.518. The number of nitrogens with one attached hydrogen (secondary N) is 1. The Balaban J connectivity index is 2.20. The van der Waals surface area contributed by atoms with Gasteiger partial charge in [-0.15, -0.1) is 5.10 Å². The Hall–Kier alpha value is -1.47. The van der Waals surface area contributed by atoms with Crippen LogP contribution in [0.3, 0.4) is 0 Å². The number of aryl methyl sites for hydroxylation is 1. The number of nitrogens with two attached hydrogens (primary N) is 1. The largest absolute Gasteiger partial charge is 0.368 e. The van der Waals surface area contributed by atoms with Gasteiger partial charge < -0.3 is 5.73 Å². The average molecular weight is 185 g/mol. The molecule has 0 fully saturated rings. The topological polar surface area (TPSA) is 95.1 Å². The molecule has 0 unspecified atom stereocenters. The molecule has 0 aliphatic carbocycles. The second kappa shape index (κ2) is 4.53. The fraction of sp³-hybridized carbons (Fsp3) is 0.500. The van der Waals surface area contributed by atoms with Crippen molar-refractivity contribution in [3.05, 3.63) is 11.9 Å². The molecule has 0 saturated carbocycles. The molecule has 0 aliphatic heterocycles. The Kier molecular flexibility index (Phi) is 3.35. The Labute approximate surface area is 74.8 Å². The van der Waals surface area contributed by atoms with Gasteiger partial charge in [0.25, 0.3) is 0 Å². The van der Waals surface area contributed by atoms with Crippen molar-refractivity contribution in [3.8, 4) is 0 Å². The zero-order valence-corrected chi connectivity index (χ0v) is 7.23. The first-order valence-corrected chi connectivity index (χ1v) is 3.66. The van der Waals surface area contributed by atoms with E-state index in [1.165, 1.54) is 0 Å². The third-order valence-electron chi connectivity index (χ3n) is 1.38. The van der Waals surface area contributed by atoms with Crippen molar-refractivity contribution >= 4 is 5.91 Å². The van der Waals surface area contributed by atoms with Crippen LogP contribution in [0.2, 0.25) is 0 Å². The number of carbonyl (C=O) groups excluding carboxylic acids is 1. The average Bonchev–Trinajstić information content (AvgIpc) is 2.45. The first-order chi connectivity index (χ1) is 6.20. The van der Waals surface area contributed by atoms with Crippen LogP contribution in [0.1, 0.15) is 5.69 Å². The van der Waals surface area contributed by atoms with Crippen molar-refractivity contribution < 1.29 is 9.63 Å². The zero-order chi connectivity index (χ0) is 9.68. The molecule has 7 heteroatoms. The summed E-state index contributed by atoms with van der Waals surface area (Å²) in [5, 5.41) is 7.37. The number of aromatic nitrogens is 3. The second-order valence-electron chi connectivity index (χ2n) is 2.43. The van der Waals surface area contributed by atoms with Crippen molar-refractivity contribution in [2.75, 3.05) is 6.61 Å². The quantitative estimate of drug-likeness (QED) is 0.422. The van der Waals surface area contributed by atoms with Crippen LogP contribution in [-0.2, 0) is 23.2 Å². The highest BCUT2D eigenvalue weighted by atomic mass is 16.6. The van der Waals surface area contributed by atoms with Gasteiger partial charge in [0.1, 0.15) is 6.61 Å². The lowest BCUT2D eigenvalue weighted by Gasteiger charge is -2.02. The van der Waals surface area contributed by atoms with Gasteiger partial charge in [-0.25, -0.2) is 0 Å². The van der Waals surface area contributed by atoms with E-state index >= 15 is 0 Å². The summed E-state index contributed by atoms with van der Waals surface area (Å²) in [6.45, 7) is 0.280. The molecule has 0 atom stereocenters. The van der Waals surface area contributed by atoms with E-state index in [1.54, 1.807) is 17.9 Å². The van der Waals surface area contributed by atoms with Gasteiger partial charge in [0.15, 0.2) is 0 Å². The highest BCUT2D eigenvalue weighted by molar-refractivity contribution is 5.74. The highest BCUT2D eigenvalue weighted by Crippen LogP contribution is 1.91. The molecule has 0 aromatic carbocycles. The Morgan fingerprint density at radius 1 is 1.85 bits per heavy atom. The summed E-state index contributed by atoms with van der Waals surface area (Å²) in [6.07, 6.45) is 1.60. The molecule has 0 spiro atoms. The Morgan fingerprint density at radius 3 is 3.15 bits per heavy atom. The molecular formula is C6H11N5O2. The summed E-state index contributed by atoms with van der Waals surface area (Å²) in [5.74, 6) is -0.518. The van der Waals surface area contributed by atoms with Gasteiger partial charge in [-0.2, -0.15) is 5.48 Å². The monoisotopic (exact) mass is 185 g/mol. The Morgan fingerprint density at radius 2 is 2.62 bits per heavy atom. The van der Waals surface area contributed by atoms with Crippen molar-refractivity contribution in [2.45, 2.75) is 6.54 Å². The van der Waals surface area contributed by atoms with Crippen molar-refractivity contribution in [1.82, 2.24) is 20.5 Å². The standard InChI is InChI=1S/C6H11N5O2/c1-11-5(2-8-10-11)3-9-13-4-6(7)12/h2,9H,3-4H2,1H3,(H2,7,12). The summed E-state index contributed by atoms with van der Waals surface area (Å²) in [5.41, 5.74) is 8.26. The fourth-order valence-corrected chi connectivity index (χ4v) is 0.718. The van der Waals surface area contributed by atoms with Gasteiger partial charge in [-0.3, -0.25) is 14.3 Å². The van der Waals surface area contributed by atoms with Gasteiger partial charge in [-0.1, -0.05) is 5.21 Å². The van der Waals surface area contributed by atoms with Gasteiger partial charge >= 0.3 is 0 Å². The van der Waals surface area contributed by atoms with Gasteiger partial charge in [-0.05, 0) is 0 Å². The predicted octanol–water partition coefficient (Wildman–Crippen LogP) is -1.68. The molecule has 72 valence electrons. The van der Waals surface area contributed by atoms with Crippen LogP contribution in [0.5, 0.6) is 0 Å². The third kappa shape index (κ3) is 3.18. The molecule has 7 nitrogen and oxygen atoms in total. The van der Waals surface area contributed by atoms with E-state index in [0.717, 1.165) is 5.69 Å². The summed E-state index contributed by atoms with van der Waals surface area (Å²) < 4.78 is 1.60. The maximum atomic E-state index is 10.3. The number of hydrogen-bond acceptors (Lipinski definition) is 5. The van der Waals surface area contributed by atoms with Crippen LogP contribution in [0, 0.1) is 0 Å². The van der Waals surface area contributed by atoms with Crippen LogP contribution in [0.15, 0.2) is 6.20 Å². The summed E-state index contributed by atoms with van der Waals surface area (Å²) in [4.78, 5) is 15.0. The van der Waals surface area contributed by atoms with E-state index in [4.69, 9.17) is 10.6 Å². The van der Waals surface area contributed by atoms with Crippen LogP contribution < -0.4 is 11.2 Å². The molecule has 1 aromatic heterocycles. The van der Waals surface area contributed by atoms with Gasteiger partial charge in [0.05, 0.1) is 18.4 Å². The number of rotatable bonds is 5. The van der Waals surface area contributed by atoms with Crippen LogP contribution in [0.4, 0.5) is 0 Å². The molecular weight excluding hydrogens is 174 g/mol. The molecule has 1 aromatic rings. The fourth-order valence-electron chi connectivity index (χ4n) is 0.718. The molecule has 1 amide bonds. The minimum Gasteiger partial charge on any atom is -0.368 e. The van der Waals surface area contributed by atoms with Crippen molar-refractivity contribution in [2.24, 2.45) is 12.8 Å². The van der Waals surface area contributed by atoms with Crippen LogP contribution >= 0.6 is 0 Å². The lowest BCUT2D eigenvalue weighted by molar-refractivity contribution is -0.125. The first kappa shape index (κ1) is 9.62. The number of carbonyl (C=O) groups is 1. The molecule has 0 radical (unpaired) electrons. The lowest BCUT2D eigenvalue weighted by Crippen LogP contribution is -2.25. The molecule has 0 saturated heterocycles. The van der Waals surface area contributed by atoms with Crippen LogP contribution in [0.25, 0.3) is 0 Å². The molecule has 1 rings (SSSR count). The predicted molar refractivity (Wildman–Crippen MR) is 43.0 cm³/mol. The lowest BCUT2D eigenvalue weighted by atomic mass is 10.5. The van der Waals surface area contributed by atoms with E-state index in [9.17, 15) is 4.79 Å². The molecule has 13 heavy (non-hydrogen) atoms. The Bertz CT molecular complexity index is 284. The van der Waals surface area contributed by atoms with Crippen molar-refractivity contribution in [1.29, 1.82) is 0 Å². The zero-order valence-electron chi connectivity index (χ0n) is 7.23. The minimum absolute atomic E-state index is 0.148. The second-order valence-corrected chi connectivity index (χ2v) is 2.43. The summed E-state index contributed by atoms with van der Waals surface area (Å²) >= 11 is 0. The number of amides is 1. The summed E-state index contributed by atoms with van der Waals surface area (Å²) in [6, 6.07) is 0. The number of primary amides is 1. The third-order valence-corrected chi connectivity index (χ3v) is 1.38. The number of nitrogens with zero attached hydrogens (tertiary/aromatic N) is 3. The smallest absolute Gasteiger partial charge is 0.245 e. The van der Waals surface area contributed by atoms with E-state index in [2.05, 4.69) is 15.8 Å². The number of hydroxylamine groups is 1. The normalized spacial score (nSPS) is 10.2. The number of hydrogen-bond donors (Lipinski definition) is 2. The van der Waals surface area contributed by atoms with Crippen LogP contribution in [-0.4, -0.2) is 27.5 Å². The maximum Gasteiger partial charge on any atom is 0.245 e. The van der Waals surface area contributed by atoms with Crippen molar-refractivity contribution in [3.63, 3.8) is 0 Å². The SMILES string of the molecule is Cn1nncc1CNOCC(N)=O. The van der Waals surface area contributed by atoms with E-state index in [-0.39, 0.29) is 6.61 Å². The van der Waals surface area contributed by atoms with Gasteiger partial charge in [0.2, 0.25) is 5.91 Å². The molecule has 1 heterocycles. The summed E-state index contributed by atoms with van der Waals surface area (Å²) in [7, 11) is 1.76. The van der Waals surface area contributed by atoms with E-state index < -0.39 is 5.91 Å². The molecule has 0 aliphatic rings. The molecule has 0 bridgehead atoms. The maximum absolute atomic E-state index is 10.3. The first-order valence-electron chi connectivity index (χ1n) is 3.66. The van der Waals surface area contributed by atoms with E-state index in [0.29, 0.717) is 6.54 Å². The highest BCUT2D eigenvalue weighted by Gasteiger charge is 1.99.